The lowest BCUT2D eigenvalue weighted by Crippen LogP contribution is -2.44. The second kappa shape index (κ2) is 12.2. The molecule has 0 amide bonds. The second-order valence-electron chi connectivity index (χ2n) is 12.4. The van der Waals surface area contributed by atoms with Crippen LogP contribution in [0, 0.1) is 20.2 Å². The Labute approximate surface area is 290 Å². The Morgan fingerprint density at radius 1 is 0.569 bits per heavy atom. The van der Waals surface area contributed by atoms with Crippen LogP contribution in [0.15, 0.2) is 140 Å². The summed E-state index contributed by atoms with van der Waals surface area (Å²) in [6.07, 6.45) is 0.476. The summed E-state index contributed by atoms with van der Waals surface area (Å²) < 4.78 is 12.4. The number of hydrogen-bond donors (Lipinski definition) is 0. The zero-order valence-corrected chi connectivity index (χ0v) is 26.7. The van der Waals surface area contributed by atoms with Gasteiger partial charge in [-0.2, -0.15) is 0 Å². The molecule has 6 aromatic rings. The van der Waals surface area contributed by atoms with Gasteiger partial charge in [-0.05, 0) is 70.6 Å². The summed E-state index contributed by atoms with van der Waals surface area (Å²) in [5, 5.41) is 22.5. The van der Waals surface area contributed by atoms with Gasteiger partial charge in [-0.15, -0.1) is 0 Å². The first-order valence-electron chi connectivity index (χ1n) is 16.1. The number of esters is 2. The van der Waals surface area contributed by atoms with Crippen molar-refractivity contribution >= 4 is 23.3 Å². The molecule has 9 rings (SSSR count). The van der Waals surface area contributed by atoms with Crippen LogP contribution in [0.5, 0.6) is 11.5 Å². The summed E-state index contributed by atoms with van der Waals surface area (Å²) in [7, 11) is 0. The zero-order valence-electron chi connectivity index (χ0n) is 26.7. The van der Waals surface area contributed by atoms with Gasteiger partial charge in [-0.1, -0.05) is 78.9 Å². The second-order valence-corrected chi connectivity index (χ2v) is 12.4. The van der Waals surface area contributed by atoms with Gasteiger partial charge >= 0.3 is 11.9 Å². The quantitative estimate of drug-likeness (QED) is 0.0680. The molecular weight excluding hydrogens is 648 g/mol. The first-order chi connectivity index (χ1) is 24.8. The highest BCUT2D eigenvalue weighted by molar-refractivity contribution is 5.93. The van der Waals surface area contributed by atoms with E-state index in [9.17, 15) is 29.8 Å². The summed E-state index contributed by atoms with van der Waals surface area (Å²) >= 11 is 0. The standard InChI is InChI=1S/C41H26N2O8/c44-39(26-14-18-28(19-15-26)42(46)47)50-34-22-23-35(51-40(45)27-16-20-29(21-17-27)43(48)49)38-37(34)36-30-10-4-6-12-32(30)41(38,24-25-8-2-1-3-9-25)33-13-7-5-11-31(33)36/h1-23,36H,24H2. The van der Waals surface area contributed by atoms with E-state index >= 15 is 0 Å². The lowest BCUT2D eigenvalue weighted by molar-refractivity contribution is -0.385. The molecule has 0 atom stereocenters. The summed E-state index contributed by atoms with van der Waals surface area (Å²) in [5.74, 6) is -1.30. The predicted molar refractivity (Wildman–Crippen MR) is 186 cm³/mol. The molecule has 0 fully saturated rings. The van der Waals surface area contributed by atoms with Crippen molar-refractivity contribution in [1.82, 2.24) is 0 Å². The average molecular weight is 675 g/mol. The number of non-ortho nitro benzene ring substituents is 2. The van der Waals surface area contributed by atoms with Crippen LogP contribution in [0.3, 0.4) is 0 Å². The topological polar surface area (TPSA) is 139 Å². The molecule has 248 valence electrons. The highest BCUT2D eigenvalue weighted by Gasteiger charge is 2.54. The van der Waals surface area contributed by atoms with Gasteiger partial charge in [0.1, 0.15) is 11.5 Å². The maximum Gasteiger partial charge on any atom is 0.343 e. The third kappa shape index (κ3) is 5.12. The fourth-order valence-electron chi connectivity index (χ4n) is 7.59. The summed E-state index contributed by atoms with van der Waals surface area (Å²) in [4.78, 5) is 48.8. The number of nitro benzene ring substituents is 2. The van der Waals surface area contributed by atoms with E-state index in [1.807, 2.05) is 54.6 Å². The molecule has 3 aliphatic carbocycles. The minimum atomic E-state index is -0.903. The molecular formula is C41H26N2O8. The van der Waals surface area contributed by atoms with Crippen LogP contribution >= 0.6 is 0 Å². The molecule has 51 heavy (non-hydrogen) atoms. The number of nitro groups is 2. The van der Waals surface area contributed by atoms with Crippen molar-refractivity contribution in [3.63, 3.8) is 0 Å². The molecule has 0 heterocycles. The number of carbonyl (C=O) groups is 2. The predicted octanol–water partition coefficient (Wildman–Crippen LogP) is 8.33. The van der Waals surface area contributed by atoms with Crippen LogP contribution in [0.25, 0.3) is 0 Å². The molecule has 0 aliphatic heterocycles. The van der Waals surface area contributed by atoms with Crippen molar-refractivity contribution in [2.75, 3.05) is 0 Å². The van der Waals surface area contributed by atoms with Gasteiger partial charge in [0.05, 0.1) is 26.4 Å². The Bertz CT molecular complexity index is 2340. The lowest BCUT2D eigenvalue weighted by Gasteiger charge is -2.51. The Hall–Kier alpha value is -6.94. The van der Waals surface area contributed by atoms with Gasteiger partial charge in [-0.3, -0.25) is 20.2 Å². The normalized spacial score (nSPS) is 16.3. The average Bonchev–Trinajstić information content (AvgIpc) is 3.16. The number of carbonyl (C=O) groups excluding carboxylic acids is 2. The molecule has 2 bridgehead atoms. The van der Waals surface area contributed by atoms with Gasteiger partial charge in [0.25, 0.3) is 11.4 Å². The molecule has 0 N–H and O–H groups in total. The molecule has 6 aromatic carbocycles. The van der Waals surface area contributed by atoms with Crippen molar-refractivity contribution in [2.45, 2.75) is 17.8 Å². The molecule has 10 heteroatoms. The van der Waals surface area contributed by atoms with Gasteiger partial charge in [0.2, 0.25) is 0 Å². The smallest absolute Gasteiger partial charge is 0.343 e. The molecule has 0 aromatic heterocycles. The van der Waals surface area contributed by atoms with Crippen LogP contribution in [0.1, 0.15) is 65.6 Å². The van der Waals surface area contributed by atoms with Crippen molar-refractivity contribution < 1.29 is 28.9 Å². The first kappa shape index (κ1) is 31.3. The van der Waals surface area contributed by atoms with Crippen molar-refractivity contribution in [3.05, 3.63) is 210 Å². The number of rotatable bonds is 8. The van der Waals surface area contributed by atoms with Gasteiger partial charge < -0.3 is 9.47 Å². The minimum Gasteiger partial charge on any atom is -0.423 e. The van der Waals surface area contributed by atoms with Crippen LogP contribution in [0.2, 0.25) is 0 Å². The SMILES string of the molecule is O=C(Oc1ccc(OC(=O)c2ccc([N+](=O)[O-])cc2)c2c1C1c3ccccc3C2(Cc2ccccc2)c2ccccc21)c1ccc([N+](=O)[O-])cc1. The minimum absolute atomic E-state index is 0.127. The van der Waals surface area contributed by atoms with Gasteiger partial charge in [0.15, 0.2) is 0 Å². The van der Waals surface area contributed by atoms with E-state index in [2.05, 4.69) is 24.3 Å². The zero-order chi connectivity index (χ0) is 35.3. The fraction of sp³-hybridized carbons (Fsp3) is 0.0732. The van der Waals surface area contributed by atoms with Gasteiger partial charge in [0, 0.05) is 41.3 Å². The van der Waals surface area contributed by atoms with E-state index in [1.54, 1.807) is 12.1 Å². The third-order valence-electron chi connectivity index (χ3n) is 9.69. The lowest BCUT2D eigenvalue weighted by atomic mass is 9.51. The fourth-order valence-corrected chi connectivity index (χ4v) is 7.59. The van der Waals surface area contributed by atoms with Crippen molar-refractivity contribution in [1.29, 1.82) is 0 Å². The van der Waals surface area contributed by atoms with E-state index in [1.165, 1.54) is 48.5 Å². The molecule has 0 saturated heterocycles. The van der Waals surface area contributed by atoms with E-state index < -0.39 is 33.1 Å². The molecule has 3 aliphatic rings. The Kier molecular flexibility index (Phi) is 7.49. The monoisotopic (exact) mass is 674 g/mol. The Morgan fingerprint density at radius 2 is 1.02 bits per heavy atom. The van der Waals surface area contributed by atoms with Crippen LogP contribution in [-0.4, -0.2) is 21.8 Å². The number of hydrogen-bond acceptors (Lipinski definition) is 8. The molecule has 0 radical (unpaired) electrons. The van der Waals surface area contributed by atoms with Crippen molar-refractivity contribution in [2.24, 2.45) is 0 Å². The van der Waals surface area contributed by atoms with E-state index in [0.29, 0.717) is 17.5 Å². The summed E-state index contributed by atoms with van der Waals surface area (Å²) in [6.45, 7) is 0. The number of nitrogens with zero attached hydrogens (tertiary/aromatic N) is 2. The van der Waals surface area contributed by atoms with Crippen LogP contribution in [-0.2, 0) is 11.8 Å². The van der Waals surface area contributed by atoms with E-state index in [0.717, 1.165) is 27.8 Å². The van der Waals surface area contributed by atoms with E-state index in [-0.39, 0.29) is 34.0 Å². The number of benzene rings is 6. The highest BCUT2D eigenvalue weighted by Crippen LogP contribution is 2.64. The maximum absolute atomic E-state index is 13.7. The van der Waals surface area contributed by atoms with Crippen LogP contribution in [0.4, 0.5) is 11.4 Å². The largest absolute Gasteiger partial charge is 0.423 e. The van der Waals surface area contributed by atoms with Gasteiger partial charge in [-0.25, -0.2) is 9.59 Å². The molecule has 10 nitrogen and oxygen atoms in total. The molecule has 0 spiro atoms. The number of ether oxygens (including phenoxy) is 2. The molecule has 0 saturated carbocycles. The summed E-state index contributed by atoms with van der Waals surface area (Å²) in [6, 6.07) is 39.8. The first-order valence-corrected chi connectivity index (χ1v) is 16.1. The van der Waals surface area contributed by atoms with Crippen LogP contribution < -0.4 is 9.47 Å². The maximum atomic E-state index is 13.7. The van der Waals surface area contributed by atoms with Crippen molar-refractivity contribution in [3.8, 4) is 11.5 Å². The highest BCUT2D eigenvalue weighted by atomic mass is 16.6. The third-order valence-corrected chi connectivity index (χ3v) is 9.69. The van der Waals surface area contributed by atoms with E-state index in [4.69, 9.17) is 9.47 Å². The summed E-state index contributed by atoms with van der Waals surface area (Å²) in [5.41, 5.74) is 5.47. The Balaban J connectivity index is 1.35. The molecule has 0 unspecified atom stereocenters. The Morgan fingerprint density at radius 3 is 1.53 bits per heavy atom.